The zero-order valence-corrected chi connectivity index (χ0v) is 18.2. The summed E-state index contributed by atoms with van der Waals surface area (Å²) in [5.74, 6) is -1.60. The lowest BCUT2D eigenvalue weighted by Gasteiger charge is -2.12. The van der Waals surface area contributed by atoms with E-state index in [0.29, 0.717) is 21.7 Å². The maximum absolute atomic E-state index is 13.0. The van der Waals surface area contributed by atoms with Gasteiger partial charge >= 0.3 is 5.63 Å². The van der Waals surface area contributed by atoms with E-state index in [1.807, 2.05) is 30.3 Å². The van der Waals surface area contributed by atoms with E-state index < -0.39 is 17.4 Å². The number of hydrogen-bond acceptors (Lipinski definition) is 6. The molecule has 2 N–H and O–H groups in total. The number of nitrogens with zero attached hydrogens (tertiary/aromatic N) is 2. The van der Waals surface area contributed by atoms with Crippen molar-refractivity contribution in [2.24, 2.45) is 0 Å². The van der Waals surface area contributed by atoms with Crippen molar-refractivity contribution in [1.82, 2.24) is 20.6 Å². The SMILES string of the molecule is O=C(NNC(=O)c1nn(Cc2ccccc2)c(=O)c2ccccc12)c1cc2ccccc2oc1=O. The van der Waals surface area contributed by atoms with Gasteiger partial charge in [0.05, 0.1) is 11.9 Å². The summed E-state index contributed by atoms with van der Waals surface area (Å²) in [6, 6.07) is 24.0. The standard InChI is InChI=1S/C26H18N4O5/c31-23(20-14-17-10-4-7-13-21(17)35-26(20)34)27-28-24(32)22-18-11-5-6-12-19(18)25(33)30(29-22)15-16-8-2-1-3-9-16/h1-14H,15H2,(H,27,31)(H,28,32). The highest BCUT2D eigenvalue weighted by molar-refractivity contribution is 6.06. The molecule has 35 heavy (non-hydrogen) atoms. The van der Waals surface area contributed by atoms with Gasteiger partial charge < -0.3 is 4.42 Å². The average molecular weight is 466 g/mol. The van der Waals surface area contributed by atoms with Crippen LogP contribution in [0.4, 0.5) is 0 Å². The normalized spacial score (nSPS) is 10.9. The zero-order chi connectivity index (χ0) is 24.4. The smallest absolute Gasteiger partial charge is 0.349 e. The molecule has 0 aliphatic rings. The fourth-order valence-corrected chi connectivity index (χ4v) is 3.73. The molecule has 5 aromatic rings. The van der Waals surface area contributed by atoms with Crippen molar-refractivity contribution in [2.45, 2.75) is 6.54 Å². The fourth-order valence-electron chi connectivity index (χ4n) is 3.73. The van der Waals surface area contributed by atoms with Crippen LogP contribution in [0.2, 0.25) is 0 Å². The minimum absolute atomic E-state index is 0.0537. The van der Waals surface area contributed by atoms with E-state index in [-0.39, 0.29) is 23.4 Å². The van der Waals surface area contributed by atoms with Gasteiger partial charge in [-0.3, -0.25) is 25.2 Å². The van der Waals surface area contributed by atoms with Gasteiger partial charge in [-0.25, -0.2) is 9.48 Å². The summed E-state index contributed by atoms with van der Waals surface area (Å²) in [6.07, 6.45) is 0. The van der Waals surface area contributed by atoms with Crippen LogP contribution in [-0.4, -0.2) is 21.6 Å². The first-order valence-corrected chi connectivity index (χ1v) is 10.7. The molecular weight excluding hydrogens is 448 g/mol. The van der Waals surface area contributed by atoms with Gasteiger partial charge in [0.15, 0.2) is 5.69 Å². The number of amides is 2. The van der Waals surface area contributed by atoms with Gasteiger partial charge in [0.25, 0.3) is 17.4 Å². The zero-order valence-electron chi connectivity index (χ0n) is 18.2. The number of benzene rings is 3. The molecule has 0 saturated carbocycles. The summed E-state index contributed by atoms with van der Waals surface area (Å²) in [4.78, 5) is 50.8. The van der Waals surface area contributed by atoms with Crippen LogP contribution in [0.3, 0.4) is 0 Å². The minimum Gasteiger partial charge on any atom is -0.422 e. The van der Waals surface area contributed by atoms with Gasteiger partial charge in [-0.05, 0) is 23.8 Å². The van der Waals surface area contributed by atoms with Crippen LogP contribution >= 0.6 is 0 Å². The molecule has 0 radical (unpaired) electrons. The van der Waals surface area contributed by atoms with Crippen molar-refractivity contribution in [3.05, 3.63) is 123 Å². The van der Waals surface area contributed by atoms with Crippen molar-refractivity contribution in [2.75, 3.05) is 0 Å². The molecule has 3 aromatic carbocycles. The number of carbonyl (C=O) groups is 2. The van der Waals surface area contributed by atoms with Crippen LogP contribution in [-0.2, 0) is 6.54 Å². The largest absolute Gasteiger partial charge is 0.422 e. The first-order valence-electron chi connectivity index (χ1n) is 10.7. The Kier molecular flexibility index (Phi) is 5.64. The number of hydrogen-bond donors (Lipinski definition) is 2. The second-order valence-corrected chi connectivity index (χ2v) is 7.74. The van der Waals surface area contributed by atoms with Crippen LogP contribution in [0.15, 0.2) is 98.9 Å². The molecule has 5 rings (SSSR count). The van der Waals surface area contributed by atoms with E-state index in [9.17, 15) is 19.2 Å². The Labute approximate surface area is 197 Å². The molecule has 0 fully saturated rings. The van der Waals surface area contributed by atoms with E-state index in [0.717, 1.165) is 5.56 Å². The highest BCUT2D eigenvalue weighted by Crippen LogP contribution is 2.14. The molecule has 0 aliphatic carbocycles. The molecule has 9 heteroatoms. The third-order valence-electron chi connectivity index (χ3n) is 5.43. The van der Waals surface area contributed by atoms with Gasteiger partial charge in [0, 0.05) is 10.8 Å². The molecule has 0 atom stereocenters. The Morgan fingerprint density at radius 2 is 1.46 bits per heavy atom. The van der Waals surface area contributed by atoms with Crippen molar-refractivity contribution in [1.29, 1.82) is 0 Å². The Morgan fingerprint density at radius 3 is 2.26 bits per heavy atom. The number of hydrazine groups is 1. The Balaban J connectivity index is 1.44. The monoisotopic (exact) mass is 466 g/mol. The highest BCUT2D eigenvalue weighted by atomic mass is 16.4. The van der Waals surface area contributed by atoms with Crippen LogP contribution in [0.25, 0.3) is 21.7 Å². The number of nitrogens with one attached hydrogen (secondary N) is 2. The van der Waals surface area contributed by atoms with Gasteiger partial charge in [-0.15, -0.1) is 0 Å². The summed E-state index contributed by atoms with van der Waals surface area (Å²) in [6.45, 7) is 0.162. The maximum Gasteiger partial charge on any atom is 0.349 e. The van der Waals surface area contributed by atoms with Gasteiger partial charge in [-0.1, -0.05) is 66.7 Å². The predicted octanol–water partition coefficient (Wildman–Crippen LogP) is 2.63. The molecule has 0 unspecified atom stereocenters. The predicted molar refractivity (Wildman–Crippen MR) is 129 cm³/mol. The molecule has 2 amide bonds. The van der Waals surface area contributed by atoms with E-state index >= 15 is 0 Å². The summed E-state index contributed by atoms with van der Waals surface area (Å²) in [7, 11) is 0. The lowest BCUT2D eigenvalue weighted by atomic mass is 10.1. The summed E-state index contributed by atoms with van der Waals surface area (Å²) in [5.41, 5.74) is 4.17. The molecular formula is C26H18N4O5. The first kappa shape index (κ1) is 21.8. The first-order chi connectivity index (χ1) is 17.0. The van der Waals surface area contributed by atoms with E-state index in [1.165, 1.54) is 10.7 Å². The number of aromatic nitrogens is 2. The second-order valence-electron chi connectivity index (χ2n) is 7.74. The van der Waals surface area contributed by atoms with Crippen LogP contribution < -0.4 is 22.0 Å². The molecule has 2 heterocycles. The third kappa shape index (κ3) is 4.30. The number of rotatable bonds is 4. The Hall–Kier alpha value is -5.05. The van der Waals surface area contributed by atoms with E-state index in [1.54, 1.807) is 48.5 Å². The van der Waals surface area contributed by atoms with E-state index in [2.05, 4.69) is 16.0 Å². The Morgan fingerprint density at radius 1 is 0.800 bits per heavy atom. The van der Waals surface area contributed by atoms with Gasteiger partial charge in [-0.2, -0.15) is 5.10 Å². The molecule has 2 aromatic heterocycles. The van der Waals surface area contributed by atoms with Crippen LogP contribution in [0, 0.1) is 0 Å². The average Bonchev–Trinajstić information content (AvgIpc) is 2.89. The van der Waals surface area contributed by atoms with Crippen molar-refractivity contribution >= 4 is 33.6 Å². The topological polar surface area (TPSA) is 123 Å². The van der Waals surface area contributed by atoms with Crippen molar-refractivity contribution < 1.29 is 14.0 Å². The van der Waals surface area contributed by atoms with Crippen LogP contribution in [0.5, 0.6) is 0 Å². The van der Waals surface area contributed by atoms with Crippen LogP contribution in [0.1, 0.15) is 26.4 Å². The lowest BCUT2D eigenvalue weighted by molar-refractivity contribution is 0.0841. The quantitative estimate of drug-likeness (QED) is 0.310. The number of para-hydroxylation sites is 1. The molecule has 172 valence electrons. The number of fused-ring (bicyclic) bond motifs is 2. The fraction of sp³-hybridized carbons (Fsp3) is 0.0385. The summed E-state index contributed by atoms with van der Waals surface area (Å²) >= 11 is 0. The summed E-state index contributed by atoms with van der Waals surface area (Å²) in [5, 5.41) is 5.47. The lowest BCUT2D eigenvalue weighted by Crippen LogP contribution is -2.44. The van der Waals surface area contributed by atoms with Crippen molar-refractivity contribution in [3.63, 3.8) is 0 Å². The molecule has 0 spiro atoms. The number of carbonyl (C=O) groups excluding carboxylic acids is 2. The van der Waals surface area contributed by atoms with E-state index in [4.69, 9.17) is 4.42 Å². The third-order valence-corrected chi connectivity index (χ3v) is 5.43. The molecule has 0 aliphatic heterocycles. The summed E-state index contributed by atoms with van der Waals surface area (Å²) < 4.78 is 6.37. The van der Waals surface area contributed by atoms with Gasteiger partial charge in [0.2, 0.25) is 0 Å². The molecule has 9 nitrogen and oxygen atoms in total. The second kappa shape index (κ2) is 9.06. The Bertz CT molecular complexity index is 1710. The molecule has 0 bridgehead atoms. The maximum atomic E-state index is 13.0. The minimum atomic E-state index is -0.847. The van der Waals surface area contributed by atoms with Crippen molar-refractivity contribution in [3.8, 4) is 0 Å². The van der Waals surface area contributed by atoms with Gasteiger partial charge in [0.1, 0.15) is 11.1 Å². The highest BCUT2D eigenvalue weighted by Gasteiger charge is 2.19. The molecule has 0 saturated heterocycles.